The third-order valence-corrected chi connectivity index (χ3v) is 5.46. The molecule has 4 heteroatoms. The van der Waals surface area contributed by atoms with Gasteiger partial charge in [-0.2, -0.15) is 0 Å². The molecule has 1 saturated heterocycles. The summed E-state index contributed by atoms with van der Waals surface area (Å²) in [6.07, 6.45) is 0. The fourth-order valence-electron chi connectivity index (χ4n) is 3.83. The predicted octanol–water partition coefficient (Wildman–Crippen LogP) is 4.99. The molecular weight excluding hydrogens is 372 g/mol. The van der Waals surface area contributed by atoms with E-state index in [2.05, 4.69) is 64.4 Å². The maximum atomic E-state index is 5.90. The Morgan fingerprint density at radius 1 is 0.700 bits per heavy atom. The molecule has 30 heavy (non-hydrogen) atoms. The maximum Gasteiger partial charge on any atom is 0.142 e. The van der Waals surface area contributed by atoms with Crippen LogP contribution in [-0.4, -0.2) is 37.7 Å². The highest BCUT2D eigenvalue weighted by molar-refractivity contribution is 5.58. The highest BCUT2D eigenvalue weighted by Gasteiger charge is 2.19. The summed E-state index contributed by atoms with van der Waals surface area (Å²) >= 11 is 0. The number of nitrogens with zero attached hydrogens (tertiary/aromatic N) is 2. The molecule has 0 aromatic heterocycles. The van der Waals surface area contributed by atoms with Crippen molar-refractivity contribution in [2.24, 2.45) is 0 Å². The number of para-hydroxylation sites is 2. The van der Waals surface area contributed by atoms with Gasteiger partial charge in [0.1, 0.15) is 18.1 Å². The fourth-order valence-corrected chi connectivity index (χ4v) is 3.83. The SMILES string of the molecule is CCOc1ccccc1N1CCN(Cc2ccc(OCc3ccccc3)cc2)CC1. The standard InChI is InChI=1S/C26H30N2O2/c1-2-29-26-11-7-6-10-25(26)28-18-16-27(17-19-28)20-22-12-14-24(15-13-22)30-21-23-8-4-3-5-9-23/h3-15H,2,16-21H2,1H3. The van der Waals surface area contributed by atoms with E-state index in [4.69, 9.17) is 9.47 Å². The van der Waals surface area contributed by atoms with Crippen molar-refractivity contribution in [2.75, 3.05) is 37.7 Å². The molecule has 0 aliphatic carbocycles. The average Bonchev–Trinajstić information content (AvgIpc) is 2.81. The van der Waals surface area contributed by atoms with E-state index in [-0.39, 0.29) is 0 Å². The lowest BCUT2D eigenvalue weighted by Crippen LogP contribution is -2.46. The van der Waals surface area contributed by atoms with Crippen molar-refractivity contribution in [3.8, 4) is 11.5 Å². The molecule has 3 aromatic rings. The minimum absolute atomic E-state index is 0.603. The monoisotopic (exact) mass is 402 g/mol. The second-order valence-corrected chi connectivity index (χ2v) is 7.58. The van der Waals surface area contributed by atoms with Gasteiger partial charge in [-0.05, 0) is 42.3 Å². The summed E-state index contributed by atoms with van der Waals surface area (Å²) in [6, 6.07) is 27.1. The van der Waals surface area contributed by atoms with Crippen molar-refractivity contribution in [2.45, 2.75) is 20.1 Å². The number of hydrogen-bond donors (Lipinski definition) is 0. The molecule has 1 heterocycles. The van der Waals surface area contributed by atoms with E-state index in [0.29, 0.717) is 13.2 Å². The quantitative estimate of drug-likeness (QED) is 0.530. The number of hydrogen-bond acceptors (Lipinski definition) is 4. The van der Waals surface area contributed by atoms with E-state index in [1.807, 2.05) is 31.2 Å². The van der Waals surface area contributed by atoms with E-state index in [1.54, 1.807) is 0 Å². The zero-order valence-corrected chi connectivity index (χ0v) is 17.7. The Labute approximate surface area is 179 Å². The highest BCUT2D eigenvalue weighted by atomic mass is 16.5. The molecule has 0 amide bonds. The molecule has 1 fully saturated rings. The van der Waals surface area contributed by atoms with Crippen molar-refractivity contribution < 1.29 is 9.47 Å². The lowest BCUT2D eigenvalue weighted by molar-refractivity contribution is 0.248. The first kappa shape index (κ1) is 20.3. The highest BCUT2D eigenvalue weighted by Crippen LogP contribution is 2.29. The van der Waals surface area contributed by atoms with Crippen LogP contribution in [-0.2, 0) is 13.2 Å². The van der Waals surface area contributed by atoms with Crippen LogP contribution >= 0.6 is 0 Å². The van der Waals surface area contributed by atoms with Gasteiger partial charge in [0, 0.05) is 32.7 Å². The normalized spacial score (nSPS) is 14.5. The lowest BCUT2D eigenvalue weighted by Gasteiger charge is -2.36. The molecule has 0 bridgehead atoms. The Bertz CT molecular complexity index is 904. The summed E-state index contributed by atoms with van der Waals surface area (Å²) < 4.78 is 11.7. The average molecular weight is 403 g/mol. The topological polar surface area (TPSA) is 24.9 Å². The molecule has 156 valence electrons. The summed E-state index contributed by atoms with van der Waals surface area (Å²) in [5.74, 6) is 1.90. The third kappa shape index (κ3) is 5.33. The number of benzene rings is 3. The van der Waals surface area contributed by atoms with Gasteiger partial charge < -0.3 is 14.4 Å². The molecule has 0 spiro atoms. The zero-order valence-electron chi connectivity index (χ0n) is 17.7. The Hall–Kier alpha value is -2.98. The van der Waals surface area contributed by atoms with Crippen LogP contribution in [0.4, 0.5) is 5.69 Å². The molecule has 4 nitrogen and oxygen atoms in total. The molecule has 0 radical (unpaired) electrons. The summed E-state index contributed by atoms with van der Waals surface area (Å²) in [4.78, 5) is 4.95. The zero-order chi connectivity index (χ0) is 20.6. The first-order chi connectivity index (χ1) is 14.8. The van der Waals surface area contributed by atoms with Gasteiger partial charge in [-0.1, -0.05) is 54.6 Å². The van der Waals surface area contributed by atoms with E-state index in [0.717, 1.165) is 44.2 Å². The Morgan fingerprint density at radius 2 is 1.40 bits per heavy atom. The van der Waals surface area contributed by atoms with Crippen LogP contribution < -0.4 is 14.4 Å². The summed E-state index contributed by atoms with van der Waals surface area (Å²) in [5.41, 5.74) is 3.72. The van der Waals surface area contributed by atoms with Crippen molar-refractivity contribution in [3.63, 3.8) is 0 Å². The van der Waals surface area contributed by atoms with Crippen LogP contribution in [0, 0.1) is 0 Å². The van der Waals surface area contributed by atoms with Gasteiger partial charge in [-0.3, -0.25) is 4.90 Å². The van der Waals surface area contributed by atoms with Crippen LogP contribution in [0.2, 0.25) is 0 Å². The number of ether oxygens (including phenoxy) is 2. The number of rotatable bonds is 8. The van der Waals surface area contributed by atoms with Gasteiger partial charge in [-0.25, -0.2) is 0 Å². The summed E-state index contributed by atoms with van der Waals surface area (Å²) in [7, 11) is 0. The van der Waals surface area contributed by atoms with Crippen LogP contribution in [0.15, 0.2) is 78.9 Å². The number of piperazine rings is 1. The molecular formula is C26H30N2O2. The van der Waals surface area contributed by atoms with Gasteiger partial charge in [-0.15, -0.1) is 0 Å². The van der Waals surface area contributed by atoms with E-state index in [1.165, 1.54) is 16.8 Å². The van der Waals surface area contributed by atoms with Gasteiger partial charge in [0.15, 0.2) is 0 Å². The predicted molar refractivity (Wildman–Crippen MR) is 122 cm³/mol. The van der Waals surface area contributed by atoms with Crippen LogP contribution in [0.1, 0.15) is 18.1 Å². The van der Waals surface area contributed by atoms with Crippen LogP contribution in [0.5, 0.6) is 11.5 Å². The minimum Gasteiger partial charge on any atom is -0.492 e. The second kappa shape index (κ2) is 10.2. The second-order valence-electron chi connectivity index (χ2n) is 7.58. The molecule has 4 rings (SSSR count). The van der Waals surface area contributed by atoms with Gasteiger partial charge in [0.2, 0.25) is 0 Å². The third-order valence-electron chi connectivity index (χ3n) is 5.46. The Balaban J connectivity index is 1.27. The first-order valence-electron chi connectivity index (χ1n) is 10.8. The summed E-state index contributed by atoms with van der Waals surface area (Å²) in [6.45, 7) is 8.43. The molecule has 3 aromatic carbocycles. The van der Waals surface area contributed by atoms with Crippen molar-refractivity contribution in [1.29, 1.82) is 0 Å². The Kier molecular flexibility index (Phi) is 6.88. The largest absolute Gasteiger partial charge is 0.492 e. The molecule has 1 aliphatic heterocycles. The van der Waals surface area contributed by atoms with E-state index >= 15 is 0 Å². The smallest absolute Gasteiger partial charge is 0.142 e. The first-order valence-corrected chi connectivity index (χ1v) is 10.8. The van der Waals surface area contributed by atoms with E-state index < -0.39 is 0 Å². The molecule has 0 unspecified atom stereocenters. The van der Waals surface area contributed by atoms with Gasteiger partial charge in [0.25, 0.3) is 0 Å². The van der Waals surface area contributed by atoms with Crippen molar-refractivity contribution >= 4 is 5.69 Å². The van der Waals surface area contributed by atoms with Crippen molar-refractivity contribution in [3.05, 3.63) is 90.0 Å². The summed E-state index contributed by atoms with van der Waals surface area (Å²) in [5, 5.41) is 0. The van der Waals surface area contributed by atoms with Gasteiger partial charge in [0.05, 0.1) is 12.3 Å². The van der Waals surface area contributed by atoms with E-state index in [9.17, 15) is 0 Å². The van der Waals surface area contributed by atoms with Crippen LogP contribution in [0.3, 0.4) is 0 Å². The van der Waals surface area contributed by atoms with Crippen LogP contribution in [0.25, 0.3) is 0 Å². The molecule has 1 aliphatic rings. The molecule has 0 saturated carbocycles. The molecule has 0 N–H and O–H groups in total. The van der Waals surface area contributed by atoms with Crippen molar-refractivity contribution in [1.82, 2.24) is 4.90 Å². The Morgan fingerprint density at radius 3 is 2.13 bits per heavy atom. The minimum atomic E-state index is 0.603. The fraction of sp³-hybridized carbons (Fsp3) is 0.308. The van der Waals surface area contributed by atoms with Gasteiger partial charge >= 0.3 is 0 Å². The number of anilines is 1. The maximum absolute atomic E-state index is 5.90. The molecule has 0 atom stereocenters. The lowest BCUT2D eigenvalue weighted by atomic mass is 10.1.